The molecule has 0 bridgehead atoms. The number of rotatable bonds is 4. The van der Waals surface area contributed by atoms with Gasteiger partial charge in [-0.15, -0.1) is 0 Å². The van der Waals surface area contributed by atoms with Crippen molar-refractivity contribution in [2.45, 2.75) is 31.4 Å². The minimum atomic E-state index is -0.854. The summed E-state index contributed by atoms with van der Waals surface area (Å²) in [6.07, 6.45) is 1.29. The Morgan fingerprint density at radius 3 is 2.74 bits per heavy atom. The van der Waals surface area contributed by atoms with Crippen LogP contribution in [0.4, 0.5) is 4.79 Å². The minimum absolute atomic E-state index is 0.0469. The van der Waals surface area contributed by atoms with E-state index in [2.05, 4.69) is 15.5 Å². The van der Waals surface area contributed by atoms with Crippen molar-refractivity contribution < 1.29 is 14.7 Å². The molecule has 3 N–H and O–H groups in total. The first-order valence-corrected chi connectivity index (χ1v) is 8.08. The number of urea groups is 1. The van der Waals surface area contributed by atoms with Gasteiger partial charge in [-0.2, -0.15) is 0 Å². The van der Waals surface area contributed by atoms with E-state index in [1.54, 1.807) is 6.92 Å². The highest BCUT2D eigenvalue weighted by Gasteiger charge is 2.48. The van der Waals surface area contributed by atoms with Crippen LogP contribution in [0.3, 0.4) is 0 Å². The number of imide groups is 1. The number of nitrogens with one attached hydrogen (secondary N) is 2. The fourth-order valence-corrected chi connectivity index (χ4v) is 3.56. The van der Waals surface area contributed by atoms with Crippen LogP contribution in [-0.2, 0) is 4.79 Å². The van der Waals surface area contributed by atoms with Gasteiger partial charge in [-0.1, -0.05) is 30.3 Å². The Morgan fingerprint density at radius 2 is 2.09 bits per heavy atom. The molecule has 0 spiro atoms. The zero-order valence-electron chi connectivity index (χ0n) is 13.3. The number of benzene rings is 1. The third-order valence-electron chi connectivity index (χ3n) is 5.01. The minimum Gasteiger partial charge on any atom is -0.387 e. The number of carbonyl (C=O) groups excluding carboxylic acids is 2. The van der Waals surface area contributed by atoms with Crippen LogP contribution in [0.25, 0.3) is 0 Å². The van der Waals surface area contributed by atoms with E-state index in [0.29, 0.717) is 13.1 Å². The van der Waals surface area contributed by atoms with Crippen molar-refractivity contribution in [3.05, 3.63) is 35.9 Å². The smallest absolute Gasteiger partial charge is 0.322 e. The molecule has 2 aliphatic rings. The van der Waals surface area contributed by atoms with Crippen LogP contribution in [0.5, 0.6) is 0 Å². The zero-order valence-corrected chi connectivity index (χ0v) is 13.3. The lowest BCUT2D eigenvalue weighted by molar-refractivity contribution is -0.126. The molecule has 0 unspecified atom stereocenters. The molecule has 3 rings (SSSR count). The standard InChI is InChI=1S/C17H23N3O3/c1-17(15(22)18-16(23)19-17)13-8-5-9-20(10-13)11-14(21)12-6-3-2-4-7-12/h2-4,6-7,13-14,21H,5,8-11H2,1H3,(H2,18,19,22,23)/t13-,14+,17-/m1/s1. The van der Waals surface area contributed by atoms with Crippen LogP contribution in [0.2, 0.25) is 0 Å². The molecule has 1 aromatic carbocycles. The fourth-order valence-electron chi connectivity index (χ4n) is 3.56. The molecule has 3 atom stereocenters. The molecule has 2 aliphatic heterocycles. The molecule has 2 fully saturated rings. The monoisotopic (exact) mass is 317 g/mol. The molecular formula is C17H23N3O3. The Bertz CT molecular complexity index is 592. The van der Waals surface area contributed by atoms with Gasteiger partial charge in [0.25, 0.3) is 5.91 Å². The van der Waals surface area contributed by atoms with Crippen LogP contribution in [0.15, 0.2) is 30.3 Å². The molecule has 124 valence electrons. The molecule has 2 saturated heterocycles. The number of hydrogen-bond donors (Lipinski definition) is 3. The van der Waals surface area contributed by atoms with Crippen LogP contribution >= 0.6 is 0 Å². The van der Waals surface area contributed by atoms with Gasteiger partial charge in [-0.25, -0.2) is 4.79 Å². The van der Waals surface area contributed by atoms with Crippen LogP contribution in [0, 0.1) is 5.92 Å². The normalized spacial score (nSPS) is 29.9. The average molecular weight is 317 g/mol. The van der Waals surface area contributed by atoms with Crippen molar-refractivity contribution >= 4 is 11.9 Å². The van der Waals surface area contributed by atoms with Gasteiger partial charge in [0, 0.05) is 19.0 Å². The molecule has 2 heterocycles. The number of amides is 3. The van der Waals surface area contributed by atoms with Crippen molar-refractivity contribution in [3.63, 3.8) is 0 Å². The van der Waals surface area contributed by atoms with Gasteiger partial charge < -0.3 is 15.3 Å². The van der Waals surface area contributed by atoms with Crippen molar-refractivity contribution in [1.29, 1.82) is 0 Å². The van der Waals surface area contributed by atoms with Crippen molar-refractivity contribution in [1.82, 2.24) is 15.5 Å². The van der Waals surface area contributed by atoms with Crippen molar-refractivity contribution in [3.8, 4) is 0 Å². The summed E-state index contributed by atoms with van der Waals surface area (Å²) >= 11 is 0. The van der Waals surface area contributed by atoms with Crippen molar-refractivity contribution in [2.75, 3.05) is 19.6 Å². The Labute approximate surface area is 135 Å². The second-order valence-electron chi connectivity index (χ2n) is 6.64. The van der Waals surface area contributed by atoms with E-state index in [0.717, 1.165) is 24.9 Å². The highest BCUT2D eigenvalue weighted by atomic mass is 16.3. The molecular weight excluding hydrogens is 294 g/mol. The lowest BCUT2D eigenvalue weighted by Crippen LogP contribution is -2.56. The number of hydrogen-bond acceptors (Lipinski definition) is 4. The van der Waals surface area contributed by atoms with Crippen LogP contribution in [-0.4, -0.2) is 47.1 Å². The molecule has 6 nitrogen and oxygen atoms in total. The summed E-state index contributed by atoms with van der Waals surface area (Å²) in [5, 5.41) is 15.5. The molecule has 3 amide bonds. The average Bonchev–Trinajstić information content (AvgIpc) is 2.82. The predicted molar refractivity (Wildman–Crippen MR) is 85.6 cm³/mol. The van der Waals surface area contributed by atoms with Crippen LogP contribution in [0.1, 0.15) is 31.4 Å². The summed E-state index contributed by atoms with van der Waals surface area (Å²) in [5.41, 5.74) is 0.0423. The number of carbonyl (C=O) groups is 2. The SMILES string of the molecule is C[C@]1([C@@H]2CCCN(C[C@H](O)c3ccccc3)C2)NC(=O)NC1=O. The van der Waals surface area contributed by atoms with E-state index in [1.165, 1.54) is 0 Å². The van der Waals surface area contributed by atoms with E-state index in [1.807, 2.05) is 30.3 Å². The summed E-state index contributed by atoms with van der Waals surface area (Å²) in [6, 6.07) is 9.17. The summed E-state index contributed by atoms with van der Waals surface area (Å²) in [6.45, 7) is 3.90. The maximum atomic E-state index is 12.1. The lowest BCUT2D eigenvalue weighted by Gasteiger charge is -2.40. The fraction of sp³-hybridized carbons (Fsp3) is 0.529. The Kier molecular flexibility index (Phi) is 4.37. The summed E-state index contributed by atoms with van der Waals surface area (Å²) in [4.78, 5) is 25.7. The van der Waals surface area contributed by atoms with Gasteiger partial charge in [0.1, 0.15) is 5.54 Å². The molecule has 0 aromatic heterocycles. The van der Waals surface area contributed by atoms with E-state index in [4.69, 9.17) is 0 Å². The number of nitrogens with zero attached hydrogens (tertiary/aromatic N) is 1. The van der Waals surface area contributed by atoms with Gasteiger partial charge in [-0.3, -0.25) is 10.1 Å². The number of aliphatic hydroxyl groups is 1. The molecule has 0 aliphatic carbocycles. The van der Waals surface area contributed by atoms with Gasteiger partial charge in [-0.05, 0) is 31.9 Å². The van der Waals surface area contributed by atoms with Gasteiger partial charge >= 0.3 is 6.03 Å². The molecule has 6 heteroatoms. The van der Waals surface area contributed by atoms with Gasteiger partial charge in [0.15, 0.2) is 0 Å². The maximum Gasteiger partial charge on any atom is 0.322 e. The van der Waals surface area contributed by atoms with Crippen molar-refractivity contribution in [2.24, 2.45) is 5.92 Å². The first-order valence-electron chi connectivity index (χ1n) is 8.08. The summed E-state index contributed by atoms with van der Waals surface area (Å²) < 4.78 is 0. The third kappa shape index (κ3) is 3.23. The topological polar surface area (TPSA) is 81.7 Å². The summed E-state index contributed by atoms with van der Waals surface area (Å²) in [5.74, 6) is -0.205. The first-order chi connectivity index (χ1) is 11.0. The molecule has 0 saturated carbocycles. The Morgan fingerprint density at radius 1 is 1.35 bits per heavy atom. The third-order valence-corrected chi connectivity index (χ3v) is 5.01. The Hall–Kier alpha value is -1.92. The Balaban J connectivity index is 1.65. The number of likely N-dealkylation sites (tertiary alicyclic amines) is 1. The number of β-amino-alcohol motifs (C(OH)–C–C–N with tert-alkyl or cyclic N) is 1. The molecule has 1 aromatic rings. The quantitative estimate of drug-likeness (QED) is 0.725. The second-order valence-corrected chi connectivity index (χ2v) is 6.64. The first kappa shape index (κ1) is 16.0. The largest absolute Gasteiger partial charge is 0.387 e. The van der Waals surface area contributed by atoms with Crippen LogP contribution < -0.4 is 10.6 Å². The van der Waals surface area contributed by atoms with E-state index < -0.39 is 17.7 Å². The number of aliphatic hydroxyl groups excluding tert-OH is 1. The lowest BCUT2D eigenvalue weighted by atomic mass is 9.80. The highest BCUT2D eigenvalue weighted by molar-refractivity contribution is 6.06. The van der Waals surface area contributed by atoms with E-state index >= 15 is 0 Å². The van der Waals surface area contributed by atoms with E-state index in [9.17, 15) is 14.7 Å². The maximum absolute atomic E-state index is 12.1. The summed E-state index contributed by atoms with van der Waals surface area (Å²) in [7, 11) is 0. The van der Waals surface area contributed by atoms with Gasteiger partial charge in [0.05, 0.1) is 6.10 Å². The second kappa shape index (κ2) is 6.29. The zero-order chi connectivity index (χ0) is 16.4. The molecule has 0 radical (unpaired) electrons. The number of piperidine rings is 1. The molecule has 23 heavy (non-hydrogen) atoms. The van der Waals surface area contributed by atoms with Gasteiger partial charge in [0.2, 0.25) is 0 Å². The predicted octanol–water partition coefficient (Wildman–Crippen LogP) is 1.03. The van der Waals surface area contributed by atoms with E-state index in [-0.39, 0.29) is 11.8 Å². The highest BCUT2D eigenvalue weighted by Crippen LogP contribution is 2.30.